The normalized spacial score (nSPS) is 13.0. The first kappa shape index (κ1) is 18.9. The Labute approximate surface area is 118 Å². The van der Waals surface area contributed by atoms with Crippen LogP contribution in [0.2, 0.25) is 0 Å². The highest BCUT2D eigenvalue weighted by Gasteiger charge is 2.24. The third-order valence-corrected chi connectivity index (χ3v) is 1.94. The van der Waals surface area contributed by atoms with Gasteiger partial charge in [0.1, 0.15) is 0 Å². The molecule has 0 aliphatic heterocycles. The lowest BCUT2D eigenvalue weighted by atomic mass is 10.2. The topological polar surface area (TPSA) is 168 Å². The van der Waals surface area contributed by atoms with E-state index < -0.39 is 61.3 Å². The molecule has 0 saturated heterocycles. The van der Waals surface area contributed by atoms with Crippen molar-refractivity contribution in [3.8, 4) is 0 Å². The molecule has 0 aromatic heterocycles. The Bertz CT molecular complexity index is 440. The van der Waals surface area contributed by atoms with E-state index in [1.807, 2.05) is 0 Å². The summed E-state index contributed by atoms with van der Waals surface area (Å²) in [7, 11) is 0. The number of hydrogen-bond donors (Lipinski definition) is 4. The van der Waals surface area contributed by atoms with Crippen LogP contribution in [0.15, 0.2) is 12.2 Å². The zero-order chi connectivity index (χ0) is 16.6. The first-order valence-corrected chi connectivity index (χ1v) is 5.49. The van der Waals surface area contributed by atoms with E-state index in [9.17, 15) is 19.2 Å². The molecule has 0 amide bonds. The van der Waals surface area contributed by atoms with Crippen molar-refractivity contribution in [1.82, 2.24) is 0 Å². The fourth-order valence-corrected chi connectivity index (χ4v) is 0.843. The minimum atomic E-state index is -1.92. The summed E-state index contributed by atoms with van der Waals surface area (Å²) >= 11 is 0. The zero-order valence-electron chi connectivity index (χ0n) is 10.7. The van der Waals surface area contributed by atoms with Gasteiger partial charge in [-0.2, -0.15) is 0 Å². The summed E-state index contributed by atoms with van der Waals surface area (Å²) in [5.74, 6) is -5.50. The maximum Gasteiger partial charge on any atom is 0.345 e. The molecule has 0 aliphatic rings. The van der Waals surface area contributed by atoms with Crippen LogP contribution in [-0.2, 0) is 28.7 Å². The number of esters is 4. The smallest absolute Gasteiger partial charge is 0.345 e. The average molecular weight is 306 g/mol. The summed E-state index contributed by atoms with van der Waals surface area (Å²) in [5.41, 5.74) is -0.565. The molecule has 10 nitrogen and oxygen atoms in total. The second-order valence-corrected chi connectivity index (χ2v) is 3.68. The molecule has 0 aliphatic carbocycles. The molecule has 0 aromatic carbocycles. The first-order valence-electron chi connectivity index (χ1n) is 5.49. The summed E-state index contributed by atoms with van der Waals surface area (Å²) in [5, 5.41) is 34.6. The molecule has 2 unspecified atom stereocenters. The Morgan fingerprint density at radius 1 is 0.905 bits per heavy atom. The van der Waals surface area contributed by atoms with Crippen molar-refractivity contribution >= 4 is 23.9 Å². The standard InChI is InChI=1S/C11H14O10/c1-5(9(17)21-11(19)7(15)4-13)2-8(16)20-10(18)6(14)3-12/h6-7,12-15H,1-4H2. The lowest BCUT2D eigenvalue weighted by Gasteiger charge is -2.09. The third kappa shape index (κ3) is 6.72. The van der Waals surface area contributed by atoms with Gasteiger partial charge in [0, 0.05) is 5.57 Å². The van der Waals surface area contributed by atoms with Gasteiger partial charge in [-0.3, -0.25) is 4.79 Å². The molecule has 10 heteroatoms. The van der Waals surface area contributed by atoms with Crippen LogP contribution in [-0.4, -0.2) is 69.7 Å². The van der Waals surface area contributed by atoms with E-state index in [2.05, 4.69) is 16.1 Å². The van der Waals surface area contributed by atoms with Gasteiger partial charge in [0.2, 0.25) is 0 Å². The molecule has 0 radical (unpaired) electrons. The summed E-state index contributed by atoms with van der Waals surface area (Å²) in [4.78, 5) is 44.3. The quantitative estimate of drug-likeness (QED) is 0.213. The van der Waals surface area contributed by atoms with Crippen LogP contribution < -0.4 is 0 Å². The van der Waals surface area contributed by atoms with Gasteiger partial charge in [-0.05, 0) is 0 Å². The highest BCUT2D eigenvalue weighted by atomic mass is 16.6. The van der Waals surface area contributed by atoms with Crippen molar-refractivity contribution in [2.24, 2.45) is 0 Å². The molecule has 21 heavy (non-hydrogen) atoms. The molecule has 118 valence electrons. The Balaban J connectivity index is 4.36. The molecule has 0 spiro atoms. The van der Waals surface area contributed by atoms with Crippen LogP contribution in [0.5, 0.6) is 0 Å². The maximum atomic E-state index is 11.3. The molecule has 0 saturated carbocycles. The monoisotopic (exact) mass is 306 g/mol. The molecular weight excluding hydrogens is 292 g/mol. The molecule has 0 bridgehead atoms. The van der Waals surface area contributed by atoms with Crippen molar-refractivity contribution in [2.75, 3.05) is 13.2 Å². The largest absolute Gasteiger partial charge is 0.393 e. The average Bonchev–Trinajstić information content (AvgIpc) is 2.44. The third-order valence-electron chi connectivity index (χ3n) is 1.94. The van der Waals surface area contributed by atoms with Crippen molar-refractivity contribution < 1.29 is 49.1 Å². The zero-order valence-corrected chi connectivity index (χ0v) is 10.7. The number of carbonyl (C=O) groups excluding carboxylic acids is 4. The predicted octanol–water partition coefficient (Wildman–Crippen LogP) is -3.22. The van der Waals surface area contributed by atoms with Crippen molar-refractivity contribution in [3.63, 3.8) is 0 Å². The van der Waals surface area contributed by atoms with Crippen molar-refractivity contribution in [3.05, 3.63) is 12.2 Å². The Morgan fingerprint density at radius 2 is 1.33 bits per heavy atom. The first-order chi connectivity index (χ1) is 9.72. The van der Waals surface area contributed by atoms with Gasteiger partial charge in [0.25, 0.3) is 0 Å². The highest BCUT2D eigenvalue weighted by molar-refractivity contribution is 6.00. The molecular formula is C11H14O10. The summed E-state index contributed by atoms with van der Waals surface area (Å²) in [6.45, 7) is 1.19. The number of carbonyl (C=O) groups is 4. The van der Waals surface area contributed by atoms with Gasteiger partial charge >= 0.3 is 23.9 Å². The van der Waals surface area contributed by atoms with Gasteiger partial charge in [-0.1, -0.05) is 6.58 Å². The second-order valence-electron chi connectivity index (χ2n) is 3.68. The minimum Gasteiger partial charge on any atom is -0.393 e. The van der Waals surface area contributed by atoms with E-state index >= 15 is 0 Å². The van der Waals surface area contributed by atoms with Crippen LogP contribution in [0, 0.1) is 0 Å². The lowest BCUT2D eigenvalue weighted by Crippen LogP contribution is -2.30. The van der Waals surface area contributed by atoms with Crippen molar-refractivity contribution in [1.29, 1.82) is 0 Å². The van der Waals surface area contributed by atoms with Crippen LogP contribution >= 0.6 is 0 Å². The van der Waals surface area contributed by atoms with Gasteiger partial charge in [-0.25, -0.2) is 14.4 Å². The van der Waals surface area contributed by atoms with E-state index in [0.29, 0.717) is 0 Å². The number of aliphatic hydroxyl groups is 4. The van der Waals surface area contributed by atoms with Gasteiger partial charge in [0.05, 0.1) is 19.6 Å². The summed E-state index contributed by atoms with van der Waals surface area (Å²) in [6, 6.07) is 0. The Morgan fingerprint density at radius 3 is 1.76 bits per heavy atom. The highest BCUT2D eigenvalue weighted by Crippen LogP contribution is 2.05. The Hall–Kier alpha value is -2.14. The minimum absolute atomic E-state index is 0.565. The fourth-order valence-electron chi connectivity index (χ4n) is 0.843. The fraction of sp³-hybridized carbons (Fsp3) is 0.455. The van der Waals surface area contributed by atoms with Crippen molar-refractivity contribution in [2.45, 2.75) is 18.6 Å². The number of ether oxygens (including phenoxy) is 2. The number of hydrogen-bond acceptors (Lipinski definition) is 10. The molecule has 0 heterocycles. The molecule has 0 aromatic rings. The van der Waals surface area contributed by atoms with Gasteiger partial charge in [-0.15, -0.1) is 0 Å². The van der Waals surface area contributed by atoms with Crippen LogP contribution in [0.25, 0.3) is 0 Å². The molecule has 4 N–H and O–H groups in total. The molecule has 0 rings (SSSR count). The van der Waals surface area contributed by atoms with E-state index in [-0.39, 0.29) is 0 Å². The van der Waals surface area contributed by atoms with Crippen LogP contribution in [0.4, 0.5) is 0 Å². The van der Waals surface area contributed by atoms with E-state index in [1.165, 1.54) is 0 Å². The number of rotatable bonds is 7. The van der Waals surface area contributed by atoms with Gasteiger partial charge in [0.15, 0.2) is 12.2 Å². The Kier molecular flexibility index (Phi) is 8.01. The predicted molar refractivity (Wildman–Crippen MR) is 62.1 cm³/mol. The summed E-state index contributed by atoms with van der Waals surface area (Å²) in [6.07, 6.45) is -4.66. The maximum absolute atomic E-state index is 11.3. The van der Waals surface area contributed by atoms with E-state index in [4.69, 9.17) is 20.4 Å². The molecule has 2 atom stereocenters. The van der Waals surface area contributed by atoms with E-state index in [1.54, 1.807) is 0 Å². The summed E-state index contributed by atoms with van der Waals surface area (Å²) < 4.78 is 8.14. The second kappa shape index (κ2) is 8.92. The molecule has 0 fully saturated rings. The van der Waals surface area contributed by atoms with E-state index in [0.717, 1.165) is 0 Å². The lowest BCUT2D eigenvalue weighted by molar-refractivity contribution is -0.169. The van der Waals surface area contributed by atoms with Gasteiger partial charge < -0.3 is 29.9 Å². The SMILES string of the molecule is C=C(CC(=O)OC(=O)C(O)CO)C(=O)OC(=O)C(O)CO. The van der Waals surface area contributed by atoms with Crippen LogP contribution in [0.3, 0.4) is 0 Å². The number of aliphatic hydroxyl groups excluding tert-OH is 4. The van der Waals surface area contributed by atoms with Crippen LogP contribution in [0.1, 0.15) is 6.42 Å².